The van der Waals surface area contributed by atoms with Crippen molar-refractivity contribution >= 4 is 11.9 Å². The van der Waals surface area contributed by atoms with Crippen LogP contribution in [-0.4, -0.2) is 58.8 Å². The van der Waals surface area contributed by atoms with Crippen LogP contribution in [0.4, 0.5) is 0 Å². The number of rotatable bonds is 5. The van der Waals surface area contributed by atoms with Gasteiger partial charge in [0.05, 0.1) is 24.7 Å². The molecule has 0 aromatic carbocycles. The number of aliphatic hydroxyl groups excluding tert-OH is 3. The predicted octanol–water partition coefficient (Wildman–Crippen LogP) is 0.954. The van der Waals surface area contributed by atoms with Crippen LogP contribution >= 0.6 is 0 Å². The molecule has 0 aromatic heterocycles. The summed E-state index contributed by atoms with van der Waals surface area (Å²) in [5.74, 6) is -2.05. The molecule has 3 N–H and O–H groups in total. The summed E-state index contributed by atoms with van der Waals surface area (Å²) in [6.45, 7) is 8.32. The fourth-order valence-corrected chi connectivity index (χ4v) is 3.23. The Morgan fingerprint density at radius 2 is 2.15 bits per heavy atom. The van der Waals surface area contributed by atoms with Crippen LogP contribution in [0.1, 0.15) is 26.2 Å². The van der Waals surface area contributed by atoms with Gasteiger partial charge in [-0.15, -0.1) is 0 Å². The van der Waals surface area contributed by atoms with Crippen LogP contribution in [0.2, 0.25) is 0 Å². The Kier molecular flexibility index (Phi) is 7.12. The minimum Gasteiger partial charge on any atom is -0.458 e. The van der Waals surface area contributed by atoms with Crippen molar-refractivity contribution in [3.63, 3.8) is 0 Å². The molecule has 27 heavy (non-hydrogen) atoms. The van der Waals surface area contributed by atoms with Crippen molar-refractivity contribution < 1.29 is 34.4 Å². The highest BCUT2D eigenvalue weighted by atomic mass is 16.6. The topological polar surface area (TPSA) is 113 Å². The SMILES string of the molecule is C=C(C(=O)O[C@H]1C/C(C)=C/CC/C(CO)=C/C2OC(=O)C(=C)C21)C(O)CO. The van der Waals surface area contributed by atoms with Crippen molar-refractivity contribution in [1.82, 2.24) is 0 Å². The van der Waals surface area contributed by atoms with Gasteiger partial charge < -0.3 is 24.8 Å². The fraction of sp³-hybridized carbons (Fsp3) is 0.500. The van der Waals surface area contributed by atoms with Crippen molar-refractivity contribution in [2.24, 2.45) is 5.92 Å². The van der Waals surface area contributed by atoms with Crippen molar-refractivity contribution in [3.05, 3.63) is 47.6 Å². The van der Waals surface area contributed by atoms with E-state index in [-0.39, 0.29) is 17.8 Å². The minimum absolute atomic E-state index is 0.163. The standard InChI is InChI=1S/C20H26O7/c1-11-5-4-6-14(9-21)8-17-18(13(3)20(25)27-17)16(7-11)26-19(24)12(2)15(23)10-22/h5,8,15-18,21-23H,2-4,6-7,9-10H2,1H3/b11-5+,14-8-/t15?,16-,17?,18?/m0/s1. The van der Waals surface area contributed by atoms with Gasteiger partial charge in [0, 0.05) is 12.0 Å². The van der Waals surface area contributed by atoms with E-state index >= 15 is 0 Å². The van der Waals surface area contributed by atoms with Crippen LogP contribution < -0.4 is 0 Å². The van der Waals surface area contributed by atoms with Crippen molar-refractivity contribution in [3.8, 4) is 0 Å². The van der Waals surface area contributed by atoms with E-state index in [0.717, 1.165) is 11.1 Å². The van der Waals surface area contributed by atoms with Crippen LogP contribution in [0.5, 0.6) is 0 Å². The smallest absolute Gasteiger partial charge is 0.336 e. The highest BCUT2D eigenvalue weighted by molar-refractivity contribution is 5.92. The molecule has 0 radical (unpaired) electrons. The molecule has 148 valence electrons. The Morgan fingerprint density at radius 3 is 2.78 bits per heavy atom. The molecular weight excluding hydrogens is 352 g/mol. The largest absolute Gasteiger partial charge is 0.458 e. The van der Waals surface area contributed by atoms with Gasteiger partial charge >= 0.3 is 11.9 Å². The summed E-state index contributed by atoms with van der Waals surface area (Å²) in [5, 5.41) is 28.2. The molecule has 3 unspecified atom stereocenters. The molecule has 2 rings (SSSR count). The zero-order valence-electron chi connectivity index (χ0n) is 15.4. The van der Waals surface area contributed by atoms with Gasteiger partial charge in [-0.25, -0.2) is 9.59 Å². The van der Waals surface area contributed by atoms with E-state index in [0.29, 0.717) is 19.3 Å². The Labute approximate surface area is 158 Å². The summed E-state index contributed by atoms with van der Waals surface area (Å²) < 4.78 is 10.9. The molecule has 7 nitrogen and oxygen atoms in total. The lowest BCUT2D eigenvalue weighted by molar-refractivity contribution is -0.148. The van der Waals surface area contributed by atoms with Gasteiger partial charge in [-0.3, -0.25) is 0 Å². The highest BCUT2D eigenvalue weighted by Gasteiger charge is 2.44. The molecular formula is C20H26O7. The third-order valence-electron chi connectivity index (χ3n) is 4.84. The lowest BCUT2D eigenvalue weighted by Gasteiger charge is -2.28. The first-order chi connectivity index (χ1) is 12.8. The lowest BCUT2D eigenvalue weighted by atomic mass is 9.85. The first-order valence-corrected chi connectivity index (χ1v) is 8.83. The van der Waals surface area contributed by atoms with E-state index in [9.17, 15) is 19.8 Å². The summed E-state index contributed by atoms with van der Waals surface area (Å²) in [6, 6.07) is 0. The Morgan fingerprint density at radius 1 is 1.44 bits per heavy atom. The van der Waals surface area contributed by atoms with E-state index in [4.69, 9.17) is 14.6 Å². The maximum absolute atomic E-state index is 12.3. The summed E-state index contributed by atoms with van der Waals surface area (Å²) in [6.07, 6.45) is 2.46. The third-order valence-corrected chi connectivity index (χ3v) is 4.84. The van der Waals surface area contributed by atoms with E-state index in [1.807, 2.05) is 13.0 Å². The molecule has 1 saturated heterocycles. The second-order valence-corrected chi connectivity index (χ2v) is 6.86. The molecule has 1 fully saturated rings. The fourth-order valence-electron chi connectivity index (χ4n) is 3.23. The molecule has 0 bridgehead atoms. The third kappa shape index (κ3) is 4.94. The molecule has 7 heteroatoms. The number of hydrogen-bond donors (Lipinski definition) is 3. The van der Waals surface area contributed by atoms with Crippen molar-refractivity contribution in [1.29, 1.82) is 0 Å². The number of carbonyl (C=O) groups is 2. The summed E-state index contributed by atoms with van der Waals surface area (Å²) in [5.41, 5.74) is 1.60. The summed E-state index contributed by atoms with van der Waals surface area (Å²) >= 11 is 0. The summed E-state index contributed by atoms with van der Waals surface area (Å²) in [7, 11) is 0. The molecule has 0 aromatic rings. The van der Waals surface area contributed by atoms with Gasteiger partial charge in [-0.1, -0.05) is 24.8 Å². The highest BCUT2D eigenvalue weighted by Crippen LogP contribution is 2.36. The molecule has 1 heterocycles. The first-order valence-electron chi connectivity index (χ1n) is 8.83. The monoisotopic (exact) mass is 378 g/mol. The van der Waals surface area contributed by atoms with Crippen LogP contribution in [-0.2, 0) is 19.1 Å². The Hall–Kier alpha value is -2.22. The van der Waals surface area contributed by atoms with E-state index in [1.165, 1.54) is 0 Å². The number of aliphatic hydroxyl groups is 3. The molecule has 4 atom stereocenters. The van der Waals surface area contributed by atoms with Gasteiger partial charge in [-0.2, -0.15) is 0 Å². The van der Waals surface area contributed by atoms with Crippen LogP contribution in [0.3, 0.4) is 0 Å². The number of allylic oxidation sites excluding steroid dienone is 1. The quantitative estimate of drug-likeness (QED) is 0.371. The van der Waals surface area contributed by atoms with Gasteiger partial charge in [0.1, 0.15) is 18.3 Å². The van der Waals surface area contributed by atoms with Gasteiger partial charge in [0.15, 0.2) is 0 Å². The average Bonchev–Trinajstić information content (AvgIpc) is 2.92. The van der Waals surface area contributed by atoms with E-state index in [2.05, 4.69) is 13.2 Å². The lowest BCUT2D eigenvalue weighted by Crippen LogP contribution is -2.35. The van der Waals surface area contributed by atoms with Crippen molar-refractivity contribution in [2.45, 2.75) is 44.5 Å². The Bertz CT molecular complexity index is 688. The second kappa shape index (κ2) is 9.12. The first kappa shape index (κ1) is 21.1. The van der Waals surface area contributed by atoms with E-state index in [1.54, 1.807) is 6.08 Å². The number of carbonyl (C=O) groups excluding carboxylic acids is 2. The van der Waals surface area contributed by atoms with Crippen molar-refractivity contribution in [2.75, 3.05) is 13.2 Å². The molecule has 0 amide bonds. The zero-order valence-corrected chi connectivity index (χ0v) is 15.4. The molecule has 0 saturated carbocycles. The number of esters is 2. The summed E-state index contributed by atoms with van der Waals surface area (Å²) in [4.78, 5) is 24.4. The number of fused-ring (bicyclic) bond motifs is 1. The van der Waals surface area contributed by atoms with Crippen LogP contribution in [0, 0.1) is 5.92 Å². The molecule has 0 spiro atoms. The maximum atomic E-state index is 12.3. The van der Waals surface area contributed by atoms with Gasteiger partial charge in [0.25, 0.3) is 0 Å². The maximum Gasteiger partial charge on any atom is 0.336 e. The normalized spacial score (nSPS) is 30.9. The second-order valence-electron chi connectivity index (χ2n) is 6.86. The molecule has 2 aliphatic rings. The van der Waals surface area contributed by atoms with E-state index < -0.39 is 42.8 Å². The Balaban J connectivity index is 2.36. The average molecular weight is 378 g/mol. The minimum atomic E-state index is -1.42. The van der Waals surface area contributed by atoms with Gasteiger partial charge in [0.2, 0.25) is 0 Å². The number of ether oxygens (including phenoxy) is 2. The molecule has 1 aliphatic heterocycles. The van der Waals surface area contributed by atoms with Crippen LogP contribution in [0.15, 0.2) is 47.6 Å². The van der Waals surface area contributed by atoms with Crippen LogP contribution in [0.25, 0.3) is 0 Å². The predicted molar refractivity (Wildman–Crippen MR) is 97.4 cm³/mol. The molecule has 1 aliphatic carbocycles. The van der Waals surface area contributed by atoms with Gasteiger partial charge in [-0.05, 0) is 31.4 Å². The zero-order chi connectivity index (χ0) is 20.1. The number of hydrogen-bond acceptors (Lipinski definition) is 7.